The average Bonchev–Trinajstić information content (AvgIpc) is 2.35. The molecule has 5 heteroatoms. The highest BCUT2D eigenvalue weighted by molar-refractivity contribution is 7.89. The molecule has 0 spiro atoms. The van der Waals surface area contributed by atoms with E-state index in [9.17, 15) is 8.42 Å². The van der Waals surface area contributed by atoms with Crippen molar-refractivity contribution in [3.05, 3.63) is 35.4 Å². The lowest BCUT2D eigenvalue weighted by atomic mass is 10.1. The fourth-order valence-electron chi connectivity index (χ4n) is 1.39. The third-order valence-electron chi connectivity index (χ3n) is 2.52. The first-order valence-corrected chi connectivity index (χ1v) is 7.48. The lowest BCUT2D eigenvalue weighted by Gasteiger charge is -2.06. The minimum Gasteiger partial charge on any atom is -0.326 e. The van der Waals surface area contributed by atoms with E-state index in [2.05, 4.69) is 4.72 Å². The smallest absolute Gasteiger partial charge is 0.211 e. The largest absolute Gasteiger partial charge is 0.326 e. The second-order valence-electron chi connectivity index (χ2n) is 4.01. The summed E-state index contributed by atoms with van der Waals surface area (Å²) in [5, 5.41) is 0. The maximum absolute atomic E-state index is 11.6. The van der Waals surface area contributed by atoms with Crippen molar-refractivity contribution in [2.75, 3.05) is 5.75 Å². The molecule has 0 aliphatic heterocycles. The van der Waals surface area contributed by atoms with Crippen LogP contribution in [0.4, 0.5) is 0 Å². The molecule has 3 N–H and O–H groups in total. The molecule has 0 saturated heterocycles. The zero-order valence-corrected chi connectivity index (χ0v) is 11.0. The molecule has 0 heterocycles. The normalized spacial score (nSPS) is 11.6. The van der Waals surface area contributed by atoms with Gasteiger partial charge in [0.1, 0.15) is 0 Å². The van der Waals surface area contributed by atoms with Gasteiger partial charge in [-0.15, -0.1) is 0 Å². The minimum absolute atomic E-state index is 0.199. The maximum Gasteiger partial charge on any atom is 0.211 e. The Morgan fingerprint density at radius 2 is 1.76 bits per heavy atom. The lowest BCUT2D eigenvalue weighted by molar-refractivity contribution is 0.578. The predicted molar refractivity (Wildman–Crippen MR) is 69.9 cm³/mol. The summed E-state index contributed by atoms with van der Waals surface area (Å²) in [4.78, 5) is 0. The first-order chi connectivity index (χ1) is 8.07. The number of nitrogens with one attached hydrogen (secondary N) is 1. The van der Waals surface area contributed by atoms with Crippen molar-refractivity contribution >= 4 is 10.0 Å². The molecule has 0 radical (unpaired) electrons. The Kier molecular flexibility index (Phi) is 5.61. The number of hydrogen-bond donors (Lipinski definition) is 2. The second kappa shape index (κ2) is 6.74. The van der Waals surface area contributed by atoms with Crippen LogP contribution in [0.5, 0.6) is 0 Å². The Hall–Kier alpha value is -0.910. The summed E-state index contributed by atoms with van der Waals surface area (Å²) in [5.74, 6) is 0.199. The van der Waals surface area contributed by atoms with Gasteiger partial charge in [0.25, 0.3) is 0 Å². The van der Waals surface area contributed by atoms with Crippen LogP contribution in [0.15, 0.2) is 24.3 Å². The highest BCUT2D eigenvalue weighted by Crippen LogP contribution is 2.04. The van der Waals surface area contributed by atoms with Gasteiger partial charge >= 0.3 is 0 Å². The number of nitrogens with two attached hydrogens (primary N) is 1. The van der Waals surface area contributed by atoms with E-state index in [1.807, 2.05) is 31.2 Å². The maximum atomic E-state index is 11.6. The first kappa shape index (κ1) is 14.2. The molecule has 1 aromatic carbocycles. The Labute approximate surface area is 103 Å². The zero-order chi connectivity index (χ0) is 12.7. The molecule has 0 aliphatic rings. The van der Waals surface area contributed by atoms with Gasteiger partial charge in [0.05, 0.1) is 5.75 Å². The van der Waals surface area contributed by atoms with Crippen LogP contribution >= 0.6 is 0 Å². The van der Waals surface area contributed by atoms with E-state index in [0.717, 1.165) is 17.5 Å². The van der Waals surface area contributed by atoms with E-state index in [4.69, 9.17) is 5.73 Å². The Bertz CT molecular complexity index is 426. The van der Waals surface area contributed by atoms with Crippen LogP contribution in [0.3, 0.4) is 0 Å². The molecule has 0 unspecified atom stereocenters. The summed E-state index contributed by atoms with van der Waals surface area (Å²) in [5.41, 5.74) is 7.48. The van der Waals surface area contributed by atoms with Crippen LogP contribution in [0, 0.1) is 0 Å². The van der Waals surface area contributed by atoms with Crippen molar-refractivity contribution in [2.24, 2.45) is 5.73 Å². The quantitative estimate of drug-likeness (QED) is 0.774. The molecule has 0 amide bonds. The summed E-state index contributed by atoms with van der Waals surface area (Å²) < 4.78 is 25.7. The highest BCUT2D eigenvalue weighted by atomic mass is 32.2. The van der Waals surface area contributed by atoms with Crippen molar-refractivity contribution in [2.45, 2.75) is 32.9 Å². The van der Waals surface area contributed by atoms with Gasteiger partial charge in [-0.3, -0.25) is 0 Å². The molecule has 1 aromatic rings. The summed E-state index contributed by atoms with van der Waals surface area (Å²) in [6, 6.07) is 7.61. The first-order valence-electron chi connectivity index (χ1n) is 5.82. The van der Waals surface area contributed by atoms with Crippen molar-refractivity contribution in [1.29, 1.82) is 0 Å². The van der Waals surface area contributed by atoms with E-state index < -0.39 is 10.0 Å². The van der Waals surface area contributed by atoms with Crippen LogP contribution < -0.4 is 10.5 Å². The van der Waals surface area contributed by atoms with Crippen LogP contribution in [0.25, 0.3) is 0 Å². The third-order valence-corrected chi connectivity index (χ3v) is 3.93. The summed E-state index contributed by atoms with van der Waals surface area (Å²) in [6.45, 7) is 2.82. The van der Waals surface area contributed by atoms with Gasteiger partial charge in [0, 0.05) is 13.1 Å². The number of unbranched alkanes of at least 4 members (excludes halogenated alkanes) is 1. The fourth-order valence-corrected chi connectivity index (χ4v) is 2.59. The van der Waals surface area contributed by atoms with Crippen molar-refractivity contribution in [3.63, 3.8) is 0 Å². The van der Waals surface area contributed by atoms with Crippen molar-refractivity contribution in [3.8, 4) is 0 Å². The lowest BCUT2D eigenvalue weighted by Crippen LogP contribution is -2.25. The van der Waals surface area contributed by atoms with E-state index >= 15 is 0 Å². The van der Waals surface area contributed by atoms with Crippen LogP contribution in [-0.4, -0.2) is 14.2 Å². The minimum atomic E-state index is -3.13. The molecule has 0 fully saturated rings. The number of sulfonamides is 1. The monoisotopic (exact) mass is 256 g/mol. The van der Waals surface area contributed by atoms with Crippen LogP contribution in [0.1, 0.15) is 30.9 Å². The molecule has 0 atom stereocenters. The molecule has 96 valence electrons. The molecule has 0 saturated carbocycles. The van der Waals surface area contributed by atoms with Gasteiger partial charge < -0.3 is 5.73 Å². The Morgan fingerprint density at radius 3 is 2.29 bits per heavy atom. The van der Waals surface area contributed by atoms with E-state index in [0.29, 0.717) is 19.5 Å². The number of hydrogen-bond acceptors (Lipinski definition) is 3. The van der Waals surface area contributed by atoms with Crippen LogP contribution in [0.2, 0.25) is 0 Å². The van der Waals surface area contributed by atoms with Crippen molar-refractivity contribution < 1.29 is 8.42 Å². The molecule has 4 nitrogen and oxygen atoms in total. The summed E-state index contributed by atoms with van der Waals surface area (Å²) in [7, 11) is -3.13. The van der Waals surface area contributed by atoms with E-state index in [1.54, 1.807) is 0 Å². The number of rotatable bonds is 7. The topological polar surface area (TPSA) is 72.2 Å². The Balaban J connectivity index is 2.49. The second-order valence-corrected chi connectivity index (χ2v) is 5.94. The SMILES string of the molecule is CCCCS(=O)(=O)NCc1ccc(CN)cc1. The third kappa shape index (κ3) is 5.30. The number of benzene rings is 1. The van der Waals surface area contributed by atoms with Gasteiger partial charge in [0.2, 0.25) is 10.0 Å². The molecular formula is C12H20N2O2S. The predicted octanol–water partition coefficient (Wildman–Crippen LogP) is 1.36. The van der Waals surface area contributed by atoms with Gasteiger partial charge in [-0.2, -0.15) is 0 Å². The molecular weight excluding hydrogens is 236 g/mol. The van der Waals surface area contributed by atoms with Gasteiger partial charge in [-0.1, -0.05) is 37.6 Å². The van der Waals surface area contributed by atoms with Crippen LogP contribution in [-0.2, 0) is 23.1 Å². The van der Waals surface area contributed by atoms with E-state index in [-0.39, 0.29) is 5.75 Å². The zero-order valence-electron chi connectivity index (χ0n) is 10.1. The molecule has 0 aromatic heterocycles. The van der Waals surface area contributed by atoms with Gasteiger partial charge in [0.15, 0.2) is 0 Å². The molecule has 0 aliphatic carbocycles. The van der Waals surface area contributed by atoms with E-state index in [1.165, 1.54) is 0 Å². The Morgan fingerprint density at radius 1 is 1.18 bits per heavy atom. The fraction of sp³-hybridized carbons (Fsp3) is 0.500. The molecule has 0 bridgehead atoms. The summed E-state index contributed by atoms with van der Waals surface area (Å²) >= 11 is 0. The average molecular weight is 256 g/mol. The van der Waals surface area contributed by atoms with Gasteiger partial charge in [-0.05, 0) is 17.5 Å². The molecule has 17 heavy (non-hydrogen) atoms. The summed E-state index contributed by atoms with van der Waals surface area (Å²) in [6.07, 6.45) is 1.58. The molecule has 1 rings (SSSR count). The highest BCUT2D eigenvalue weighted by Gasteiger charge is 2.08. The van der Waals surface area contributed by atoms with Gasteiger partial charge in [-0.25, -0.2) is 13.1 Å². The standard InChI is InChI=1S/C12H20N2O2S/c1-2-3-8-17(15,16)14-10-12-6-4-11(9-13)5-7-12/h4-7,14H,2-3,8-10,13H2,1H3. The van der Waals surface area contributed by atoms with Crippen molar-refractivity contribution in [1.82, 2.24) is 4.72 Å².